The van der Waals surface area contributed by atoms with Gasteiger partial charge in [0, 0.05) is 43.3 Å². The molecule has 0 radical (unpaired) electrons. The Balaban J connectivity index is 2.08. The van der Waals surface area contributed by atoms with Gasteiger partial charge in [-0.2, -0.15) is 4.98 Å². The number of rotatable bonds is 2. The molecule has 1 aliphatic rings. The summed E-state index contributed by atoms with van der Waals surface area (Å²) in [6.07, 6.45) is -0.423. The Bertz CT molecular complexity index is 1090. The number of hydrogen-bond acceptors (Lipinski definition) is 7. The van der Waals surface area contributed by atoms with Crippen molar-refractivity contribution in [2.24, 2.45) is 14.0 Å². The summed E-state index contributed by atoms with van der Waals surface area (Å²) in [6.45, 7) is 6.54. The van der Waals surface area contributed by atoms with Crippen LogP contribution < -0.4 is 10.6 Å². The number of aromatic nitrogens is 4. The minimum Gasteiger partial charge on any atom is -0.444 e. The van der Waals surface area contributed by atoms with E-state index in [0.717, 1.165) is 9.13 Å². The van der Waals surface area contributed by atoms with Crippen molar-refractivity contribution in [3.05, 3.63) is 16.3 Å². The van der Waals surface area contributed by atoms with E-state index in [1.54, 1.807) is 25.7 Å². The maximum Gasteiger partial charge on any atom is 0.410 e. The molecular formula is C19H30N6O4. The molecule has 3 rings (SSSR count). The van der Waals surface area contributed by atoms with Gasteiger partial charge in [0.1, 0.15) is 29.2 Å². The number of aliphatic hydroxyl groups excluding tert-OH is 1. The van der Waals surface area contributed by atoms with Gasteiger partial charge in [0.15, 0.2) is 5.82 Å². The largest absolute Gasteiger partial charge is 0.444 e. The molecule has 0 aliphatic carbocycles. The van der Waals surface area contributed by atoms with Crippen LogP contribution in [-0.4, -0.2) is 66.0 Å². The van der Waals surface area contributed by atoms with Gasteiger partial charge in [0.2, 0.25) is 0 Å². The molecule has 1 fully saturated rings. The zero-order chi connectivity index (χ0) is 24.2. The molecule has 29 heavy (non-hydrogen) atoms. The fourth-order valence-corrected chi connectivity index (χ4v) is 3.53. The van der Waals surface area contributed by atoms with Gasteiger partial charge < -0.3 is 24.2 Å². The second-order valence-electron chi connectivity index (χ2n) is 8.45. The molecule has 1 saturated heterocycles. The molecule has 2 atom stereocenters. The molecule has 1 amide bonds. The number of piperazine rings is 1. The SMILES string of the molecule is [2H]C([2H])([2H])n1c(CO)nc2c(N3C[C@@H](C)N(C(=O)OC(C)(C)C)C[C@@H]3C)nc(=O)n(C)c21. The van der Waals surface area contributed by atoms with Crippen molar-refractivity contribution >= 4 is 23.1 Å². The van der Waals surface area contributed by atoms with Crippen molar-refractivity contribution in [1.29, 1.82) is 0 Å². The quantitative estimate of drug-likeness (QED) is 0.788. The highest BCUT2D eigenvalue weighted by Gasteiger charge is 2.36. The second kappa shape index (κ2) is 7.33. The van der Waals surface area contributed by atoms with Crippen LogP contribution in [0.2, 0.25) is 0 Å². The van der Waals surface area contributed by atoms with Gasteiger partial charge in [-0.05, 0) is 34.6 Å². The van der Waals surface area contributed by atoms with Crippen LogP contribution in [0.5, 0.6) is 0 Å². The van der Waals surface area contributed by atoms with Gasteiger partial charge in [-0.1, -0.05) is 0 Å². The van der Waals surface area contributed by atoms with Gasteiger partial charge in [-0.3, -0.25) is 4.57 Å². The highest BCUT2D eigenvalue weighted by atomic mass is 16.6. The van der Waals surface area contributed by atoms with Gasteiger partial charge >= 0.3 is 11.8 Å². The number of ether oxygens (including phenoxy) is 1. The van der Waals surface area contributed by atoms with Crippen LogP contribution in [0.1, 0.15) is 44.6 Å². The molecule has 0 bridgehead atoms. The Hall–Kier alpha value is -2.62. The minimum absolute atomic E-state index is 0.0541. The number of nitrogens with zero attached hydrogens (tertiary/aromatic N) is 6. The third-order valence-electron chi connectivity index (χ3n) is 4.97. The molecule has 1 aliphatic heterocycles. The standard InChI is InChI=1S/C19H30N6O4/c1-11-9-25(18(28)29-19(3,4)5)12(2)8-24(11)15-14-16(23(7)17(27)21-15)22(6)13(10-26)20-14/h11-12,26H,8-10H2,1-7H3/t11-,12+/m0/s1/i6D3. The fourth-order valence-electron chi connectivity index (χ4n) is 3.53. The van der Waals surface area contributed by atoms with Crippen LogP contribution in [-0.2, 0) is 25.4 Å². The van der Waals surface area contributed by atoms with Crippen molar-refractivity contribution in [3.8, 4) is 0 Å². The van der Waals surface area contributed by atoms with Crippen LogP contribution in [0.15, 0.2) is 4.79 Å². The third kappa shape index (κ3) is 3.81. The first-order valence-electron chi connectivity index (χ1n) is 11.0. The molecular weight excluding hydrogens is 376 g/mol. The normalized spacial score (nSPS) is 22.4. The topological polar surface area (TPSA) is 106 Å². The Morgan fingerprint density at radius 3 is 2.52 bits per heavy atom. The smallest absolute Gasteiger partial charge is 0.410 e. The number of fused-ring (bicyclic) bond motifs is 1. The second-order valence-corrected chi connectivity index (χ2v) is 8.45. The molecule has 2 aromatic heterocycles. The average molecular weight is 410 g/mol. The number of aryl methyl sites for hydroxylation is 2. The van der Waals surface area contributed by atoms with E-state index in [-0.39, 0.29) is 34.9 Å². The van der Waals surface area contributed by atoms with E-state index in [4.69, 9.17) is 8.85 Å². The molecule has 10 heteroatoms. The van der Waals surface area contributed by atoms with Gasteiger partial charge in [0.25, 0.3) is 0 Å². The lowest BCUT2D eigenvalue weighted by atomic mass is 10.1. The van der Waals surface area contributed by atoms with Crippen molar-refractivity contribution in [1.82, 2.24) is 24.0 Å². The molecule has 10 nitrogen and oxygen atoms in total. The number of anilines is 1. The maximum absolute atomic E-state index is 12.6. The van der Waals surface area contributed by atoms with Crippen LogP contribution >= 0.6 is 0 Å². The maximum atomic E-state index is 12.6. The van der Waals surface area contributed by atoms with Gasteiger partial charge in [0.05, 0.1) is 0 Å². The van der Waals surface area contributed by atoms with E-state index in [9.17, 15) is 14.7 Å². The van der Waals surface area contributed by atoms with Crippen LogP contribution in [0.3, 0.4) is 0 Å². The highest BCUT2D eigenvalue weighted by Crippen LogP contribution is 2.28. The summed E-state index contributed by atoms with van der Waals surface area (Å²) in [4.78, 5) is 37.2. The van der Waals surface area contributed by atoms with E-state index in [0.29, 0.717) is 13.1 Å². The number of aliphatic hydroxyl groups is 1. The lowest BCUT2D eigenvalue weighted by Crippen LogP contribution is -2.59. The van der Waals surface area contributed by atoms with E-state index < -0.39 is 31.0 Å². The Labute approximate surface area is 173 Å². The molecule has 1 N–H and O–H groups in total. The summed E-state index contributed by atoms with van der Waals surface area (Å²) in [5.41, 5.74) is -1.01. The van der Waals surface area contributed by atoms with E-state index in [2.05, 4.69) is 9.97 Å². The van der Waals surface area contributed by atoms with Gasteiger partial charge in [-0.25, -0.2) is 14.6 Å². The zero-order valence-corrected chi connectivity index (χ0v) is 17.6. The predicted octanol–water partition coefficient (Wildman–Crippen LogP) is 0.993. The van der Waals surface area contributed by atoms with Gasteiger partial charge in [-0.15, -0.1) is 0 Å². The third-order valence-corrected chi connectivity index (χ3v) is 4.97. The average Bonchev–Trinajstić information content (AvgIpc) is 3.05. The van der Waals surface area contributed by atoms with Crippen molar-refractivity contribution in [2.45, 2.75) is 58.9 Å². The Morgan fingerprint density at radius 2 is 1.93 bits per heavy atom. The molecule has 0 spiro atoms. The van der Waals surface area contributed by atoms with Crippen LogP contribution in [0.4, 0.5) is 10.6 Å². The molecule has 160 valence electrons. The van der Waals surface area contributed by atoms with Crippen LogP contribution in [0, 0.1) is 0 Å². The van der Waals surface area contributed by atoms with Crippen molar-refractivity contribution < 1.29 is 18.8 Å². The number of imidazole rings is 1. The summed E-state index contributed by atoms with van der Waals surface area (Å²) < 4.78 is 31.1. The predicted molar refractivity (Wildman–Crippen MR) is 109 cm³/mol. The molecule has 0 aromatic carbocycles. The lowest BCUT2D eigenvalue weighted by Gasteiger charge is -2.44. The summed E-state index contributed by atoms with van der Waals surface area (Å²) in [5.74, 6) is 0.140. The van der Waals surface area contributed by atoms with Crippen LogP contribution in [0.25, 0.3) is 11.2 Å². The first kappa shape index (κ1) is 17.3. The molecule has 0 unspecified atom stereocenters. The molecule has 3 heterocycles. The summed E-state index contributed by atoms with van der Waals surface area (Å²) in [5, 5.41) is 9.71. The number of hydrogen-bond donors (Lipinski definition) is 1. The van der Waals surface area contributed by atoms with Crippen molar-refractivity contribution in [2.75, 3.05) is 18.0 Å². The highest BCUT2D eigenvalue weighted by molar-refractivity contribution is 5.85. The Kier molecular flexibility index (Phi) is 4.36. The van der Waals surface area contributed by atoms with Crippen molar-refractivity contribution in [3.63, 3.8) is 0 Å². The minimum atomic E-state index is -2.65. The van der Waals surface area contributed by atoms with E-state index in [1.165, 1.54) is 7.05 Å². The molecule has 2 aromatic rings. The number of carbonyl (C=O) groups excluding carboxylic acids is 1. The zero-order valence-electron chi connectivity index (χ0n) is 20.6. The van der Waals surface area contributed by atoms with E-state index >= 15 is 0 Å². The van der Waals surface area contributed by atoms with E-state index in [1.807, 2.05) is 18.7 Å². The number of amides is 1. The number of carbonyl (C=O) groups is 1. The monoisotopic (exact) mass is 409 g/mol. The lowest BCUT2D eigenvalue weighted by molar-refractivity contribution is 0.0130. The summed E-state index contributed by atoms with van der Waals surface area (Å²) >= 11 is 0. The Morgan fingerprint density at radius 1 is 1.24 bits per heavy atom. The molecule has 0 saturated carbocycles. The fraction of sp³-hybridized carbons (Fsp3) is 0.684. The summed E-state index contributed by atoms with van der Waals surface area (Å²) in [7, 11) is 1.42. The first-order chi connectivity index (χ1) is 14.7. The summed E-state index contributed by atoms with van der Waals surface area (Å²) in [6, 6.07) is -0.513. The first-order valence-corrected chi connectivity index (χ1v) is 9.51.